The van der Waals surface area contributed by atoms with Crippen molar-refractivity contribution in [2.45, 2.75) is 19.3 Å². The number of pyridine rings is 1. The van der Waals surface area contributed by atoms with E-state index in [1.54, 1.807) is 42.9 Å². The first kappa shape index (κ1) is 18.7. The summed E-state index contributed by atoms with van der Waals surface area (Å²) in [5, 5.41) is 2.95. The molecule has 4 rings (SSSR count). The van der Waals surface area contributed by atoms with Gasteiger partial charge in [-0.1, -0.05) is 0 Å². The Labute approximate surface area is 168 Å². The third-order valence-electron chi connectivity index (χ3n) is 4.99. The van der Waals surface area contributed by atoms with Gasteiger partial charge < -0.3 is 20.9 Å². The average molecular weight is 390 g/mol. The molecule has 1 aromatic carbocycles. The third-order valence-corrected chi connectivity index (χ3v) is 4.99. The molecule has 0 aliphatic carbocycles. The number of anilines is 2. The molecule has 1 fully saturated rings. The SMILES string of the molecule is NC(=O)c1ccc(N2CCCCC2)c(NC(=O)c2ccnc(-c3ncc[nH]3)c2)c1. The van der Waals surface area contributed by atoms with Gasteiger partial charge in [0.05, 0.1) is 11.4 Å². The fourth-order valence-electron chi connectivity index (χ4n) is 3.50. The molecule has 3 heterocycles. The minimum absolute atomic E-state index is 0.292. The van der Waals surface area contributed by atoms with Crippen LogP contribution < -0.4 is 16.0 Å². The lowest BCUT2D eigenvalue weighted by molar-refractivity contribution is 0.0996. The van der Waals surface area contributed by atoms with Gasteiger partial charge in [-0.2, -0.15) is 0 Å². The van der Waals surface area contributed by atoms with Crippen LogP contribution in [0.3, 0.4) is 0 Å². The number of nitrogens with zero attached hydrogens (tertiary/aromatic N) is 3. The highest BCUT2D eigenvalue weighted by Crippen LogP contribution is 2.30. The molecule has 2 amide bonds. The number of hydrogen-bond acceptors (Lipinski definition) is 5. The van der Waals surface area contributed by atoms with Crippen LogP contribution in [0.25, 0.3) is 11.5 Å². The van der Waals surface area contributed by atoms with Gasteiger partial charge in [-0.05, 0) is 49.6 Å². The number of carbonyl (C=O) groups is 2. The molecule has 2 aromatic heterocycles. The Morgan fingerprint density at radius 3 is 2.55 bits per heavy atom. The molecule has 8 nitrogen and oxygen atoms in total. The molecule has 3 aromatic rings. The summed E-state index contributed by atoms with van der Waals surface area (Å²) in [6.07, 6.45) is 8.29. The van der Waals surface area contributed by atoms with Crippen LogP contribution in [0.1, 0.15) is 40.0 Å². The van der Waals surface area contributed by atoms with Gasteiger partial charge in [0.2, 0.25) is 5.91 Å². The topological polar surface area (TPSA) is 117 Å². The van der Waals surface area contributed by atoms with E-state index in [-0.39, 0.29) is 5.91 Å². The molecule has 1 saturated heterocycles. The molecule has 0 atom stereocenters. The van der Waals surface area contributed by atoms with Gasteiger partial charge in [-0.15, -0.1) is 0 Å². The number of aromatic amines is 1. The minimum atomic E-state index is -0.533. The molecule has 29 heavy (non-hydrogen) atoms. The van der Waals surface area contributed by atoms with Gasteiger partial charge in [0.1, 0.15) is 5.69 Å². The Hall–Kier alpha value is -3.68. The standard InChI is InChI=1S/C21H22N6O2/c22-19(28)14-4-5-18(27-10-2-1-3-11-27)16(12-14)26-21(29)15-6-7-23-17(13-15)20-24-8-9-25-20/h4-9,12-13H,1-3,10-11H2,(H2,22,28)(H,24,25)(H,26,29). The highest BCUT2D eigenvalue weighted by molar-refractivity contribution is 6.07. The van der Waals surface area contributed by atoms with Crippen LogP contribution in [-0.4, -0.2) is 39.9 Å². The van der Waals surface area contributed by atoms with Gasteiger partial charge in [0.25, 0.3) is 5.91 Å². The Balaban J connectivity index is 1.64. The number of H-pyrrole nitrogens is 1. The number of carbonyl (C=O) groups excluding carboxylic acids is 2. The van der Waals surface area contributed by atoms with Crippen LogP contribution in [-0.2, 0) is 0 Å². The maximum absolute atomic E-state index is 12.9. The maximum atomic E-state index is 12.9. The predicted octanol–water partition coefficient (Wildman–Crippen LogP) is 2.81. The number of nitrogens with two attached hydrogens (primary N) is 1. The third kappa shape index (κ3) is 4.11. The fourth-order valence-corrected chi connectivity index (χ4v) is 3.50. The normalized spacial score (nSPS) is 13.9. The zero-order chi connectivity index (χ0) is 20.2. The summed E-state index contributed by atoms with van der Waals surface area (Å²) >= 11 is 0. The number of benzene rings is 1. The van der Waals surface area contributed by atoms with Gasteiger partial charge in [-0.25, -0.2) is 4.98 Å². The highest BCUT2D eigenvalue weighted by atomic mass is 16.2. The van der Waals surface area contributed by atoms with Crippen molar-refractivity contribution in [3.8, 4) is 11.5 Å². The second kappa shape index (κ2) is 8.14. The maximum Gasteiger partial charge on any atom is 0.255 e. The van der Waals surface area contributed by atoms with Crippen molar-refractivity contribution in [2.24, 2.45) is 5.73 Å². The summed E-state index contributed by atoms with van der Waals surface area (Å²) in [6, 6.07) is 8.50. The number of nitrogens with one attached hydrogen (secondary N) is 2. The number of primary amides is 1. The number of imidazole rings is 1. The number of hydrogen-bond donors (Lipinski definition) is 3. The van der Waals surface area contributed by atoms with E-state index in [9.17, 15) is 9.59 Å². The van der Waals surface area contributed by atoms with E-state index in [0.717, 1.165) is 31.6 Å². The van der Waals surface area contributed by atoms with Crippen molar-refractivity contribution >= 4 is 23.2 Å². The smallest absolute Gasteiger partial charge is 0.255 e. The Bertz CT molecular complexity index is 1030. The van der Waals surface area contributed by atoms with Crippen LogP contribution in [0.15, 0.2) is 48.9 Å². The minimum Gasteiger partial charge on any atom is -0.370 e. The van der Waals surface area contributed by atoms with Crippen molar-refractivity contribution in [1.29, 1.82) is 0 Å². The molecule has 1 aliphatic heterocycles. The quantitative estimate of drug-likeness (QED) is 0.619. The Morgan fingerprint density at radius 2 is 1.83 bits per heavy atom. The zero-order valence-corrected chi connectivity index (χ0v) is 15.9. The first-order chi connectivity index (χ1) is 14.1. The van der Waals surface area contributed by atoms with Crippen molar-refractivity contribution in [1.82, 2.24) is 15.0 Å². The second-order valence-electron chi connectivity index (χ2n) is 6.97. The van der Waals surface area contributed by atoms with Crippen molar-refractivity contribution < 1.29 is 9.59 Å². The number of rotatable bonds is 5. The molecule has 0 saturated carbocycles. The molecule has 0 unspecified atom stereocenters. The zero-order valence-electron chi connectivity index (χ0n) is 15.9. The lowest BCUT2D eigenvalue weighted by atomic mass is 10.1. The number of amides is 2. The lowest BCUT2D eigenvalue weighted by Gasteiger charge is -2.30. The summed E-state index contributed by atoms with van der Waals surface area (Å²) in [5.41, 5.74) is 8.28. The Kier molecular flexibility index (Phi) is 5.24. The van der Waals surface area contributed by atoms with Gasteiger partial charge in [0.15, 0.2) is 5.82 Å². The van der Waals surface area contributed by atoms with Crippen molar-refractivity contribution in [2.75, 3.05) is 23.3 Å². The average Bonchev–Trinajstić information content (AvgIpc) is 3.29. The summed E-state index contributed by atoms with van der Waals surface area (Å²) in [7, 11) is 0. The first-order valence-electron chi connectivity index (χ1n) is 9.58. The van der Waals surface area contributed by atoms with Gasteiger partial charge >= 0.3 is 0 Å². The van der Waals surface area contributed by atoms with Crippen LogP contribution >= 0.6 is 0 Å². The van der Waals surface area contributed by atoms with Crippen LogP contribution in [0.4, 0.5) is 11.4 Å². The molecular weight excluding hydrogens is 368 g/mol. The highest BCUT2D eigenvalue weighted by Gasteiger charge is 2.18. The van der Waals surface area contributed by atoms with Gasteiger partial charge in [0, 0.05) is 42.8 Å². The van der Waals surface area contributed by atoms with Crippen LogP contribution in [0.2, 0.25) is 0 Å². The second-order valence-corrected chi connectivity index (χ2v) is 6.97. The predicted molar refractivity (Wildman–Crippen MR) is 111 cm³/mol. The van der Waals surface area contributed by atoms with E-state index in [1.165, 1.54) is 6.42 Å². The monoisotopic (exact) mass is 390 g/mol. The van der Waals surface area contributed by atoms with Crippen LogP contribution in [0.5, 0.6) is 0 Å². The van der Waals surface area contributed by atoms with E-state index in [1.807, 2.05) is 6.07 Å². The van der Waals surface area contributed by atoms with E-state index in [0.29, 0.717) is 28.3 Å². The summed E-state index contributed by atoms with van der Waals surface area (Å²) < 4.78 is 0. The largest absolute Gasteiger partial charge is 0.370 e. The molecule has 0 bridgehead atoms. The van der Waals surface area contributed by atoms with E-state index >= 15 is 0 Å². The Morgan fingerprint density at radius 1 is 1.00 bits per heavy atom. The molecule has 0 spiro atoms. The number of piperidine rings is 1. The molecule has 0 radical (unpaired) electrons. The van der Waals surface area contributed by atoms with Crippen molar-refractivity contribution in [3.63, 3.8) is 0 Å². The lowest BCUT2D eigenvalue weighted by Crippen LogP contribution is -2.30. The molecule has 4 N–H and O–H groups in total. The van der Waals surface area contributed by atoms with Crippen LogP contribution in [0, 0.1) is 0 Å². The van der Waals surface area contributed by atoms with Gasteiger partial charge in [-0.3, -0.25) is 14.6 Å². The first-order valence-corrected chi connectivity index (χ1v) is 9.58. The molecule has 1 aliphatic rings. The van der Waals surface area contributed by atoms with E-state index in [2.05, 4.69) is 25.2 Å². The molecular formula is C21H22N6O2. The number of aromatic nitrogens is 3. The van der Waals surface area contributed by atoms with Crippen molar-refractivity contribution in [3.05, 3.63) is 60.0 Å². The summed E-state index contributed by atoms with van der Waals surface area (Å²) in [6.45, 7) is 1.83. The van der Waals surface area contributed by atoms with E-state index in [4.69, 9.17) is 5.73 Å². The molecule has 8 heteroatoms. The van der Waals surface area contributed by atoms with E-state index < -0.39 is 5.91 Å². The summed E-state index contributed by atoms with van der Waals surface area (Å²) in [5.74, 6) is -0.237. The summed E-state index contributed by atoms with van der Waals surface area (Å²) in [4.78, 5) is 38.2. The molecule has 148 valence electrons. The fraction of sp³-hybridized carbons (Fsp3) is 0.238.